The van der Waals surface area contributed by atoms with E-state index in [1.54, 1.807) is 0 Å². The molecule has 0 amide bonds. The SMILES string of the molecule is CC(C)OCCCC(O)C1CCCC1. The third kappa shape index (κ3) is 4.43. The molecule has 0 aromatic heterocycles. The standard InChI is InChI=1S/C12H24O2/c1-10(2)14-9-5-8-12(13)11-6-3-4-7-11/h10-13H,3-9H2,1-2H3. The Hall–Kier alpha value is -0.0800. The number of hydrogen-bond acceptors (Lipinski definition) is 2. The van der Waals surface area contributed by atoms with Crippen molar-refractivity contribution in [3.05, 3.63) is 0 Å². The van der Waals surface area contributed by atoms with Crippen LogP contribution in [0.4, 0.5) is 0 Å². The summed E-state index contributed by atoms with van der Waals surface area (Å²) in [5.41, 5.74) is 0. The molecule has 0 radical (unpaired) electrons. The summed E-state index contributed by atoms with van der Waals surface area (Å²) < 4.78 is 5.44. The molecular formula is C12H24O2. The third-order valence-electron chi connectivity index (χ3n) is 3.04. The first-order valence-electron chi connectivity index (χ1n) is 6.00. The van der Waals surface area contributed by atoms with Gasteiger partial charge in [0.05, 0.1) is 12.2 Å². The molecule has 1 atom stereocenters. The average Bonchev–Trinajstić information content (AvgIpc) is 2.64. The highest BCUT2D eigenvalue weighted by molar-refractivity contribution is 4.74. The average molecular weight is 200 g/mol. The summed E-state index contributed by atoms with van der Waals surface area (Å²) >= 11 is 0. The minimum atomic E-state index is -0.0757. The lowest BCUT2D eigenvalue weighted by molar-refractivity contribution is 0.0531. The van der Waals surface area contributed by atoms with Crippen molar-refractivity contribution >= 4 is 0 Å². The maximum absolute atomic E-state index is 9.86. The van der Waals surface area contributed by atoms with Gasteiger partial charge in [0.1, 0.15) is 0 Å². The van der Waals surface area contributed by atoms with E-state index in [1.165, 1.54) is 25.7 Å². The molecule has 1 aliphatic rings. The van der Waals surface area contributed by atoms with Crippen LogP contribution in [0.3, 0.4) is 0 Å². The van der Waals surface area contributed by atoms with Gasteiger partial charge in [-0.3, -0.25) is 0 Å². The first-order chi connectivity index (χ1) is 6.70. The Morgan fingerprint density at radius 3 is 2.50 bits per heavy atom. The second kappa shape index (κ2) is 6.41. The summed E-state index contributed by atoms with van der Waals surface area (Å²) in [7, 11) is 0. The van der Waals surface area contributed by atoms with Gasteiger partial charge in [0.15, 0.2) is 0 Å². The highest BCUT2D eigenvalue weighted by atomic mass is 16.5. The fourth-order valence-electron chi connectivity index (χ4n) is 2.19. The van der Waals surface area contributed by atoms with Gasteiger partial charge in [-0.25, -0.2) is 0 Å². The molecule has 0 heterocycles. The molecule has 14 heavy (non-hydrogen) atoms. The van der Waals surface area contributed by atoms with Crippen molar-refractivity contribution < 1.29 is 9.84 Å². The molecule has 1 N–H and O–H groups in total. The van der Waals surface area contributed by atoms with Gasteiger partial charge in [-0.05, 0) is 45.4 Å². The molecule has 1 fully saturated rings. The van der Waals surface area contributed by atoms with Crippen LogP contribution in [0.2, 0.25) is 0 Å². The molecule has 0 aromatic carbocycles. The Balaban J connectivity index is 1.99. The Bertz CT molecular complexity index is 139. The summed E-state index contributed by atoms with van der Waals surface area (Å²) in [5.74, 6) is 0.578. The van der Waals surface area contributed by atoms with Gasteiger partial charge >= 0.3 is 0 Å². The van der Waals surface area contributed by atoms with Gasteiger partial charge in [-0.1, -0.05) is 12.8 Å². The number of aliphatic hydroxyl groups excluding tert-OH is 1. The molecule has 0 spiro atoms. The highest BCUT2D eigenvalue weighted by Crippen LogP contribution is 2.29. The van der Waals surface area contributed by atoms with Crippen LogP contribution in [0.5, 0.6) is 0 Å². The maximum atomic E-state index is 9.86. The molecule has 0 bridgehead atoms. The Labute approximate surface area is 87.7 Å². The van der Waals surface area contributed by atoms with Crippen molar-refractivity contribution in [2.24, 2.45) is 5.92 Å². The number of ether oxygens (including phenoxy) is 1. The third-order valence-corrected chi connectivity index (χ3v) is 3.04. The molecule has 0 aromatic rings. The topological polar surface area (TPSA) is 29.5 Å². The minimum absolute atomic E-state index is 0.0757. The molecule has 2 nitrogen and oxygen atoms in total. The molecule has 0 saturated heterocycles. The van der Waals surface area contributed by atoms with Gasteiger partial charge in [0.2, 0.25) is 0 Å². The molecule has 0 aliphatic heterocycles. The zero-order chi connectivity index (χ0) is 10.4. The van der Waals surface area contributed by atoms with Crippen LogP contribution in [0, 0.1) is 5.92 Å². The van der Waals surface area contributed by atoms with E-state index < -0.39 is 0 Å². The van der Waals surface area contributed by atoms with E-state index in [-0.39, 0.29) is 6.10 Å². The van der Waals surface area contributed by atoms with Crippen LogP contribution in [0.1, 0.15) is 52.4 Å². The first-order valence-corrected chi connectivity index (χ1v) is 6.00. The summed E-state index contributed by atoms with van der Waals surface area (Å²) in [5, 5.41) is 9.86. The second-order valence-electron chi connectivity index (χ2n) is 4.67. The fraction of sp³-hybridized carbons (Fsp3) is 1.00. The normalized spacial score (nSPS) is 20.6. The molecule has 1 saturated carbocycles. The van der Waals surface area contributed by atoms with Crippen LogP contribution < -0.4 is 0 Å². The van der Waals surface area contributed by atoms with Gasteiger partial charge in [-0.2, -0.15) is 0 Å². The molecular weight excluding hydrogens is 176 g/mol. The number of hydrogen-bond donors (Lipinski definition) is 1. The monoisotopic (exact) mass is 200 g/mol. The molecule has 2 heteroatoms. The van der Waals surface area contributed by atoms with Crippen molar-refractivity contribution in [3.8, 4) is 0 Å². The van der Waals surface area contributed by atoms with Crippen molar-refractivity contribution in [1.82, 2.24) is 0 Å². The Kier molecular flexibility index (Phi) is 5.49. The zero-order valence-electron chi connectivity index (χ0n) is 9.54. The van der Waals surface area contributed by atoms with E-state index in [9.17, 15) is 5.11 Å². The molecule has 1 rings (SSSR count). The largest absolute Gasteiger partial charge is 0.393 e. The van der Waals surface area contributed by atoms with Crippen molar-refractivity contribution in [2.45, 2.75) is 64.6 Å². The Morgan fingerprint density at radius 2 is 1.93 bits per heavy atom. The van der Waals surface area contributed by atoms with Gasteiger partial charge in [0, 0.05) is 6.61 Å². The van der Waals surface area contributed by atoms with Crippen LogP contribution >= 0.6 is 0 Å². The van der Waals surface area contributed by atoms with E-state index in [2.05, 4.69) is 0 Å². The van der Waals surface area contributed by atoms with Crippen LogP contribution in [0.25, 0.3) is 0 Å². The lowest BCUT2D eigenvalue weighted by atomic mass is 9.97. The molecule has 84 valence electrons. The van der Waals surface area contributed by atoms with Crippen molar-refractivity contribution in [2.75, 3.05) is 6.61 Å². The molecule has 1 aliphatic carbocycles. The van der Waals surface area contributed by atoms with Gasteiger partial charge in [0.25, 0.3) is 0 Å². The van der Waals surface area contributed by atoms with E-state index in [0.717, 1.165) is 19.4 Å². The van der Waals surface area contributed by atoms with Crippen LogP contribution in [0.15, 0.2) is 0 Å². The summed E-state index contributed by atoms with van der Waals surface area (Å²) in [4.78, 5) is 0. The predicted octanol–water partition coefficient (Wildman–Crippen LogP) is 2.74. The van der Waals surface area contributed by atoms with Gasteiger partial charge in [-0.15, -0.1) is 0 Å². The lowest BCUT2D eigenvalue weighted by Crippen LogP contribution is -2.18. The van der Waals surface area contributed by atoms with Gasteiger partial charge < -0.3 is 9.84 Å². The van der Waals surface area contributed by atoms with E-state index in [0.29, 0.717) is 12.0 Å². The van der Waals surface area contributed by atoms with E-state index in [4.69, 9.17) is 4.74 Å². The quantitative estimate of drug-likeness (QED) is 0.668. The number of rotatable bonds is 6. The highest BCUT2D eigenvalue weighted by Gasteiger charge is 2.22. The van der Waals surface area contributed by atoms with E-state index >= 15 is 0 Å². The summed E-state index contributed by atoms with van der Waals surface area (Å²) in [6.07, 6.45) is 7.23. The van der Waals surface area contributed by atoms with Crippen LogP contribution in [-0.4, -0.2) is 23.9 Å². The lowest BCUT2D eigenvalue weighted by Gasteiger charge is -2.17. The first kappa shape index (κ1) is 12.0. The minimum Gasteiger partial charge on any atom is -0.393 e. The number of aliphatic hydroxyl groups is 1. The Morgan fingerprint density at radius 1 is 1.29 bits per heavy atom. The van der Waals surface area contributed by atoms with Crippen LogP contribution in [-0.2, 0) is 4.74 Å². The van der Waals surface area contributed by atoms with Crippen molar-refractivity contribution in [3.63, 3.8) is 0 Å². The second-order valence-corrected chi connectivity index (χ2v) is 4.67. The fourth-order valence-corrected chi connectivity index (χ4v) is 2.19. The maximum Gasteiger partial charge on any atom is 0.0569 e. The summed E-state index contributed by atoms with van der Waals surface area (Å²) in [6, 6.07) is 0. The predicted molar refractivity (Wildman–Crippen MR) is 58.3 cm³/mol. The van der Waals surface area contributed by atoms with E-state index in [1.807, 2.05) is 13.8 Å². The molecule has 1 unspecified atom stereocenters. The summed E-state index contributed by atoms with van der Waals surface area (Å²) in [6.45, 7) is 4.89. The zero-order valence-corrected chi connectivity index (χ0v) is 9.54. The van der Waals surface area contributed by atoms with Crippen molar-refractivity contribution in [1.29, 1.82) is 0 Å². The smallest absolute Gasteiger partial charge is 0.0569 e.